The fourth-order valence-corrected chi connectivity index (χ4v) is 3.31. The summed E-state index contributed by atoms with van der Waals surface area (Å²) in [5.41, 5.74) is 11.0. The molecule has 2 fully saturated rings. The average Bonchev–Trinajstić information content (AvgIpc) is 2.82. The molecule has 0 bridgehead atoms. The number of nitrogens with two attached hydrogens (primary N) is 2. The predicted octanol–water partition coefficient (Wildman–Crippen LogP) is 0.130. The van der Waals surface area contributed by atoms with Gasteiger partial charge in [-0.2, -0.15) is 0 Å². The van der Waals surface area contributed by atoms with Crippen molar-refractivity contribution in [2.24, 2.45) is 17.4 Å². The third-order valence-electron chi connectivity index (χ3n) is 4.73. The van der Waals surface area contributed by atoms with Crippen molar-refractivity contribution < 1.29 is 18.9 Å². The SMILES string of the molecule is CC[C@H](N)C(=O)N1C[C@@H]2CCCB(OC(C)C)OC(=O)[C@]2(N)C1. The predicted molar refractivity (Wildman–Crippen MR) is 87.4 cm³/mol. The Morgan fingerprint density at radius 1 is 1.57 bits per heavy atom. The summed E-state index contributed by atoms with van der Waals surface area (Å²) >= 11 is 0. The zero-order valence-corrected chi connectivity index (χ0v) is 14.3. The van der Waals surface area contributed by atoms with Crippen LogP contribution in [0.5, 0.6) is 0 Å². The highest BCUT2D eigenvalue weighted by atomic mass is 16.6. The van der Waals surface area contributed by atoms with Crippen LogP contribution in [0.1, 0.15) is 40.0 Å². The zero-order valence-electron chi connectivity index (χ0n) is 14.3. The van der Waals surface area contributed by atoms with Crippen molar-refractivity contribution in [1.29, 1.82) is 0 Å². The summed E-state index contributed by atoms with van der Waals surface area (Å²) in [4.78, 5) is 26.5. The van der Waals surface area contributed by atoms with Gasteiger partial charge in [-0.25, -0.2) is 0 Å². The molecule has 2 rings (SSSR count). The first-order valence-corrected chi connectivity index (χ1v) is 8.47. The van der Waals surface area contributed by atoms with Crippen LogP contribution in [0.2, 0.25) is 6.32 Å². The molecule has 3 atom stereocenters. The fourth-order valence-electron chi connectivity index (χ4n) is 3.31. The van der Waals surface area contributed by atoms with Crippen molar-refractivity contribution in [2.75, 3.05) is 13.1 Å². The van der Waals surface area contributed by atoms with Gasteiger partial charge in [-0.1, -0.05) is 13.3 Å². The van der Waals surface area contributed by atoms with Gasteiger partial charge in [0.25, 0.3) is 0 Å². The van der Waals surface area contributed by atoms with Crippen molar-refractivity contribution in [3.05, 3.63) is 0 Å². The monoisotopic (exact) mass is 325 g/mol. The number of nitrogens with zero attached hydrogens (tertiary/aromatic N) is 1. The zero-order chi connectivity index (χ0) is 17.2. The molecular formula is C15H28BN3O4. The molecule has 2 heterocycles. The summed E-state index contributed by atoms with van der Waals surface area (Å²) in [6.07, 6.45) is 2.80. The molecule has 0 aromatic heterocycles. The van der Waals surface area contributed by atoms with Crippen molar-refractivity contribution in [2.45, 2.75) is 64.0 Å². The third kappa shape index (κ3) is 3.87. The van der Waals surface area contributed by atoms with Gasteiger partial charge < -0.3 is 25.7 Å². The van der Waals surface area contributed by atoms with E-state index in [-0.39, 0.29) is 24.5 Å². The molecule has 0 spiro atoms. The summed E-state index contributed by atoms with van der Waals surface area (Å²) in [7, 11) is -0.563. The maximum Gasteiger partial charge on any atom is 0.527 e. The van der Waals surface area contributed by atoms with Crippen LogP contribution in [0.15, 0.2) is 0 Å². The molecule has 8 heteroatoms. The van der Waals surface area contributed by atoms with E-state index in [1.807, 2.05) is 20.8 Å². The Morgan fingerprint density at radius 3 is 2.87 bits per heavy atom. The average molecular weight is 325 g/mol. The molecule has 2 saturated heterocycles. The van der Waals surface area contributed by atoms with E-state index in [1.54, 1.807) is 4.90 Å². The van der Waals surface area contributed by atoms with Gasteiger partial charge in [-0.15, -0.1) is 0 Å². The van der Waals surface area contributed by atoms with E-state index in [0.29, 0.717) is 19.3 Å². The summed E-state index contributed by atoms with van der Waals surface area (Å²) in [6.45, 7) is 6.29. The number of hydrogen-bond acceptors (Lipinski definition) is 6. The lowest BCUT2D eigenvalue weighted by molar-refractivity contribution is -0.144. The normalized spacial score (nSPS) is 29.8. The molecule has 0 aliphatic carbocycles. The van der Waals surface area contributed by atoms with Crippen LogP contribution in [0.25, 0.3) is 0 Å². The molecular weight excluding hydrogens is 297 g/mol. The Labute approximate surface area is 138 Å². The molecule has 0 radical (unpaired) electrons. The Kier molecular flexibility index (Phi) is 5.70. The molecule has 1 amide bonds. The van der Waals surface area contributed by atoms with E-state index in [2.05, 4.69) is 0 Å². The van der Waals surface area contributed by atoms with Crippen molar-refractivity contribution >= 4 is 19.0 Å². The minimum atomic E-state index is -1.16. The second-order valence-electron chi connectivity index (χ2n) is 6.92. The number of amides is 1. The molecule has 130 valence electrons. The summed E-state index contributed by atoms with van der Waals surface area (Å²) in [6, 6.07) is -0.545. The molecule has 4 N–H and O–H groups in total. The first kappa shape index (κ1) is 18.2. The van der Waals surface area contributed by atoms with Gasteiger partial charge in [0.2, 0.25) is 5.91 Å². The smallest absolute Gasteiger partial charge is 0.508 e. The van der Waals surface area contributed by atoms with Crippen LogP contribution >= 0.6 is 0 Å². The lowest BCUT2D eigenvalue weighted by Crippen LogP contribution is -2.58. The molecule has 23 heavy (non-hydrogen) atoms. The Balaban J connectivity index is 2.11. The van der Waals surface area contributed by atoms with Gasteiger partial charge in [0, 0.05) is 25.1 Å². The lowest BCUT2D eigenvalue weighted by Gasteiger charge is -2.32. The minimum Gasteiger partial charge on any atom is -0.508 e. The highest BCUT2D eigenvalue weighted by molar-refractivity contribution is 6.47. The Morgan fingerprint density at radius 2 is 2.26 bits per heavy atom. The Hall–Kier alpha value is -1.12. The molecule has 0 aromatic rings. The molecule has 0 saturated carbocycles. The van der Waals surface area contributed by atoms with Crippen molar-refractivity contribution in [1.82, 2.24) is 4.90 Å². The second kappa shape index (κ2) is 7.19. The number of carbonyl (C=O) groups is 2. The standard InChI is InChI=1S/C15H28BN3O4/c1-4-12(17)13(20)19-8-11-6-5-7-16(22-10(2)3)23-14(21)15(11,18)9-19/h10-12H,4-9,17-18H2,1-3H3/t11-,12-,15-/m0/s1. The summed E-state index contributed by atoms with van der Waals surface area (Å²) in [5, 5.41) is 0. The number of likely N-dealkylation sites (tertiary alicyclic amines) is 1. The van der Waals surface area contributed by atoms with E-state index in [9.17, 15) is 9.59 Å². The van der Waals surface area contributed by atoms with Gasteiger partial charge in [0.1, 0.15) is 5.54 Å². The summed E-state index contributed by atoms with van der Waals surface area (Å²) < 4.78 is 11.1. The van der Waals surface area contributed by atoms with Gasteiger partial charge in [0.15, 0.2) is 0 Å². The van der Waals surface area contributed by atoms with Crippen molar-refractivity contribution in [3.8, 4) is 0 Å². The number of hydrogen-bond donors (Lipinski definition) is 2. The van der Waals surface area contributed by atoms with E-state index in [0.717, 1.165) is 12.8 Å². The largest absolute Gasteiger partial charge is 0.527 e. The molecule has 0 aromatic carbocycles. The molecule has 0 unspecified atom stereocenters. The van der Waals surface area contributed by atoms with Crippen LogP contribution in [-0.2, 0) is 18.9 Å². The third-order valence-corrected chi connectivity index (χ3v) is 4.73. The van der Waals surface area contributed by atoms with E-state index in [1.165, 1.54) is 0 Å². The van der Waals surface area contributed by atoms with E-state index in [4.69, 9.17) is 20.8 Å². The highest BCUT2D eigenvalue weighted by Gasteiger charge is 2.53. The molecule has 2 aliphatic heterocycles. The van der Waals surface area contributed by atoms with Crippen molar-refractivity contribution in [3.63, 3.8) is 0 Å². The highest BCUT2D eigenvalue weighted by Crippen LogP contribution is 2.34. The number of rotatable bonds is 4. The minimum absolute atomic E-state index is 0.0269. The van der Waals surface area contributed by atoms with Gasteiger partial charge in [0.05, 0.1) is 6.04 Å². The summed E-state index contributed by atoms with van der Waals surface area (Å²) in [5.74, 6) is -0.719. The first-order chi connectivity index (χ1) is 10.8. The van der Waals surface area contributed by atoms with Crippen LogP contribution < -0.4 is 11.5 Å². The number of fused-ring (bicyclic) bond motifs is 1. The van der Waals surface area contributed by atoms with E-state index >= 15 is 0 Å². The van der Waals surface area contributed by atoms with Gasteiger partial charge in [-0.3, -0.25) is 9.59 Å². The molecule has 7 nitrogen and oxygen atoms in total. The number of carbonyl (C=O) groups excluding carboxylic acids is 2. The fraction of sp³-hybridized carbons (Fsp3) is 0.867. The first-order valence-electron chi connectivity index (χ1n) is 8.47. The maximum atomic E-state index is 12.6. The lowest BCUT2D eigenvalue weighted by atomic mass is 9.74. The second-order valence-corrected chi connectivity index (χ2v) is 6.92. The van der Waals surface area contributed by atoms with Crippen LogP contribution in [0.4, 0.5) is 0 Å². The topological polar surface area (TPSA) is 108 Å². The Bertz CT molecular complexity index is 462. The quantitative estimate of drug-likeness (QED) is 0.711. The van der Waals surface area contributed by atoms with Gasteiger partial charge in [-0.05, 0) is 33.0 Å². The van der Waals surface area contributed by atoms with Gasteiger partial charge >= 0.3 is 13.1 Å². The van der Waals surface area contributed by atoms with Crippen LogP contribution in [-0.4, -0.2) is 54.7 Å². The maximum absolute atomic E-state index is 12.6. The van der Waals surface area contributed by atoms with E-state index < -0.39 is 24.7 Å². The van der Waals surface area contributed by atoms with Crippen LogP contribution in [0, 0.1) is 5.92 Å². The molecule has 2 aliphatic rings. The van der Waals surface area contributed by atoms with Crippen LogP contribution in [0.3, 0.4) is 0 Å².